The van der Waals surface area contributed by atoms with Crippen LogP contribution in [-0.2, 0) is 0 Å². The molecular weight excluding hydrogens is 360 g/mol. The molecule has 25 heavy (non-hydrogen) atoms. The van der Waals surface area contributed by atoms with Gasteiger partial charge in [-0.15, -0.1) is 23.5 Å². The van der Waals surface area contributed by atoms with Gasteiger partial charge in [0.2, 0.25) is 0 Å². The van der Waals surface area contributed by atoms with Gasteiger partial charge in [0, 0.05) is 23.9 Å². The van der Waals surface area contributed by atoms with Gasteiger partial charge in [0.05, 0.1) is 4.58 Å². The molecule has 0 bridgehead atoms. The number of thioether (sulfide) groups is 2. The molecule has 1 saturated heterocycles. The highest BCUT2D eigenvalue weighted by Gasteiger charge is 2.20. The lowest BCUT2D eigenvalue weighted by Crippen LogP contribution is -2.30. The number of halogens is 2. The van der Waals surface area contributed by atoms with Crippen molar-refractivity contribution in [2.24, 2.45) is 0 Å². The zero-order valence-corrected chi connectivity index (χ0v) is 15.5. The number of hydrogen-bond acceptors (Lipinski definition) is 3. The van der Waals surface area contributed by atoms with Gasteiger partial charge >= 0.3 is 0 Å². The molecule has 0 N–H and O–H groups in total. The average molecular weight is 379 g/mol. The second-order valence-corrected chi connectivity index (χ2v) is 8.42. The maximum Gasteiger partial charge on any atom is 0.258 e. The van der Waals surface area contributed by atoms with Crippen molar-refractivity contribution in [1.82, 2.24) is 0 Å². The summed E-state index contributed by atoms with van der Waals surface area (Å²) < 4.78 is 27.0. The average Bonchev–Trinajstić information content (AvgIpc) is 2.66. The summed E-state index contributed by atoms with van der Waals surface area (Å²) in [4.78, 5) is 14.2. The van der Waals surface area contributed by atoms with Crippen molar-refractivity contribution in [3.63, 3.8) is 0 Å². The summed E-state index contributed by atoms with van der Waals surface area (Å²) in [7, 11) is 0. The summed E-state index contributed by atoms with van der Waals surface area (Å²) in [5.41, 5.74) is 2.11. The Bertz CT molecular complexity index is 746. The fourth-order valence-electron chi connectivity index (χ4n) is 2.72. The summed E-state index contributed by atoms with van der Waals surface area (Å²) in [6.45, 7) is 2.18. The van der Waals surface area contributed by atoms with Crippen LogP contribution in [0.1, 0.15) is 33.8 Å². The molecule has 0 saturated carbocycles. The van der Waals surface area contributed by atoms with Gasteiger partial charge in [0.15, 0.2) is 11.6 Å². The van der Waals surface area contributed by atoms with Crippen LogP contribution in [0.2, 0.25) is 0 Å². The molecule has 1 fully saturated rings. The van der Waals surface area contributed by atoms with Crippen molar-refractivity contribution in [2.75, 3.05) is 23.0 Å². The Balaban J connectivity index is 1.79. The Morgan fingerprint density at radius 1 is 1.08 bits per heavy atom. The Labute approximate surface area is 155 Å². The number of carbonyl (C=O) groups is 1. The van der Waals surface area contributed by atoms with Crippen LogP contribution in [0.5, 0.6) is 0 Å². The van der Waals surface area contributed by atoms with Gasteiger partial charge in [0.1, 0.15) is 0 Å². The maximum absolute atomic E-state index is 13.5. The molecule has 0 aromatic heterocycles. The van der Waals surface area contributed by atoms with Crippen LogP contribution in [0.3, 0.4) is 0 Å². The first-order valence-electron chi connectivity index (χ1n) is 8.20. The molecule has 0 atom stereocenters. The van der Waals surface area contributed by atoms with E-state index >= 15 is 0 Å². The summed E-state index contributed by atoms with van der Waals surface area (Å²) in [5, 5.41) is 0. The quantitative estimate of drug-likeness (QED) is 0.700. The number of carbonyl (C=O) groups excluding carboxylic acids is 1. The van der Waals surface area contributed by atoms with Crippen LogP contribution >= 0.6 is 23.5 Å². The highest BCUT2D eigenvalue weighted by Crippen LogP contribution is 2.43. The fraction of sp³-hybridized carbons (Fsp3) is 0.316. The third-order valence-corrected chi connectivity index (χ3v) is 7.05. The van der Waals surface area contributed by atoms with E-state index in [1.807, 2.05) is 54.7 Å². The molecule has 1 amide bonds. The number of nitrogens with zero attached hydrogens (tertiary/aromatic N) is 1. The van der Waals surface area contributed by atoms with Gasteiger partial charge in [-0.05, 0) is 54.7 Å². The van der Waals surface area contributed by atoms with Crippen molar-refractivity contribution in [2.45, 2.75) is 17.9 Å². The van der Waals surface area contributed by atoms with Gasteiger partial charge in [-0.1, -0.05) is 12.1 Å². The molecule has 0 aliphatic carbocycles. The summed E-state index contributed by atoms with van der Waals surface area (Å²) in [5.74, 6) is 0.240. The number of anilines is 1. The third kappa shape index (κ3) is 4.18. The molecule has 0 spiro atoms. The lowest BCUT2D eigenvalue weighted by molar-refractivity contribution is 0.0988. The second kappa shape index (κ2) is 8.23. The highest BCUT2D eigenvalue weighted by molar-refractivity contribution is 8.16. The van der Waals surface area contributed by atoms with Gasteiger partial charge in [-0.3, -0.25) is 4.79 Å². The summed E-state index contributed by atoms with van der Waals surface area (Å²) in [6.07, 6.45) is 1.24. The smallest absolute Gasteiger partial charge is 0.258 e. The topological polar surface area (TPSA) is 20.3 Å². The van der Waals surface area contributed by atoms with Gasteiger partial charge in [-0.2, -0.15) is 0 Å². The number of rotatable bonds is 4. The molecule has 1 aliphatic heterocycles. The molecule has 2 nitrogen and oxygen atoms in total. The van der Waals surface area contributed by atoms with E-state index in [0.29, 0.717) is 22.4 Å². The monoisotopic (exact) mass is 379 g/mol. The number of benzene rings is 2. The second-order valence-electron chi connectivity index (χ2n) is 5.70. The van der Waals surface area contributed by atoms with Crippen LogP contribution in [0.15, 0.2) is 42.5 Å². The van der Waals surface area contributed by atoms with Crippen molar-refractivity contribution >= 4 is 35.1 Å². The predicted molar refractivity (Wildman–Crippen MR) is 102 cm³/mol. The van der Waals surface area contributed by atoms with Crippen molar-refractivity contribution in [3.8, 4) is 0 Å². The van der Waals surface area contributed by atoms with E-state index in [1.54, 1.807) is 0 Å². The van der Waals surface area contributed by atoms with E-state index in [0.717, 1.165) is 23.6 Å². The van der Waals surface area contributed by atoms with Crippen molar-refractivity contribution < 1.29 is 13.6 Å². The normalized spacial score (nSPS) is 15.2. The SMILES string of the molecule is CCN(C(=O)c1ccc(C2SCCCS2)cc1)c1ccc(F)c(F)c1. The molecule has 0 unspecified atom stereocenters. The summed E-state index contributed by atoms with van der Waals surface area (Å²) in [6, 6.07) is 11.1. The summed E-state index contributed by atoms with van der Waals surface area (Å²) >= 11 is 3.86. The Morgan fingerprint density at radius 3 is 2.36 bits per heavy atom. The van der Waals surface area contributed by atoms with Gasteiger partial charge in [0.25, 0.3) is 5.91 Å². The molecule has 0 radical (unpaired) electrons. The van der Waals surface area contributed by atoms with Gasteiger partial charge in [-0.25, -0.2) is 8.78 Å². The highest BCUT2D eigenvalue weighted by atomic mass is 32.2. The standard InChI is InChI=1S/C19H19F2NOS2/c1-2-22(15-8-9-16(20)17(21)12-15)18(23)13-4-6-14(7-5-13)19-24-10-3-11-25-19/h4-9,12,19H,2-3,10-11H2,1H3. The molecule has 6 heteroatoms. The molecule has 3 rings (SSSR count). The minimum absolute atomic E-state index is 0.219. The lowest BCUT2D eigenvalue weighted by atomic mass is 10.1. The van der Waals surface area contributed by atoms with E-state index in [-0.39, 0.29) is 5.91 Å². The first-order chi connectivity index (χ1) is 12.1. The molecule has 132 valence electrons. The van der Waals surface area contributed by atoms with Crippen LogP contribution in [-0.4, -0.2) is 24.0 Å². The Morgan fingerprint density at radius 2 is 1.76 bits per heavy atom. The van der Waals surface area contributed by atoms with E-state index in [1.165, 1.54) is 23.0 Å². The van der Waals surface area contributed by atoms with E-state index in [4.69, 9.17) is 0 Å². The molecular formula is C19H19F2NOS2. The maximum atomic E-state index is 13.5. The van der Waals surface area contributed by atoms with E-state index in [9.17, 15) is 13.6 Å². The van der Waals surface area contributed by atoms with Crippen LogP contribution < -0.4 is 4.90 Å². The minimum atomic E-state index is -0.953. The Kier molecular flexibility index (Phi) is 6.02. The number of hydrogen-bond donors (Lipinski definition) is 0. The molecule has 2 aromatic rings. The number of amides is 1. The molecule has 2 aromatic carbocycles. The lowest BCUT2D eigenvalue weighted by Gasteiger charge is -2.23. The zero-order chi connectivity index (χ0) is 17.8. The van der Waals surface area contributed by atoms with Gasteiger partial charge < -0.3 is 4.90 Å². The van der Waals surface area contributed by atoms with E-state index in [2.05, 4.69) is 0 Å². The largest absolute Gasteiger partial charge is 0.309 e. The zero-order valence-electron chi connectivity index (χ0n) is 13.9. The van der Waals surface area contributed by atoms with Crippen LogP contribution in [0.4, 0.5) is 14.5 Å². The predicted octanol–water partition coefficient (Wildman–Crippen LogP) is 5.50. The minimum Gasteiger partial charge on any atom is -0.309 e. The fourth-order valence-corrected chi connectivity index (χ4v) is 5.61. The van der Waals surface area contributed by atoms with E-state index < -0.39 is 11.6 Å². The van der Waals surface area contributed by atoms with Crippen LogP contribution in [0.25, 0.3) is 0 Å². The first kappa shape index (κ1) is 18.3. The van der Waals surface area contributed by atoms with Crippen LogP contribution in [0, 0.1) is 11.6 Å². The molecule has 1 aliphatic rings. The van der Waals surface area contributed by atoms with Crippen molar-refractivity contribution in [3.05, 3.63) is 65.2 Å². The third-order valence-electron chi connectivity index (χ3n) is 4.03. The van der Waals surface area contributed by atoms with Crippen molar-refractivity contribution in [1.29, 1.82) is 0 Å². The molecule has 1 heterocycles. The Hall–Kier alpha value is -1.53. The first-order valence-corrected chi connectivity index (χ1v) is 10.3.